The monoisotopic (exact) mass is 390 g/mol. The number of benzene rings is 1. The van der Waals surface area contributed by atoms with Gasteiger partial charge in [-0.1, -0.05) is 0 Å². The summed E-state index contributed by atoms with van der Waals surface area (Å²) in [7, 11) is 0. The van der Waals surface area contributed by atoms with E-state index in [0.717, 1.165) is 17.0 Å². The Balaban J connectivity index is 0.00000210. The molecule has 10 heteroatoms. The summed E-state index contributed by atoms with van der Waals surface area (Å²) in [5.74, 6) is 1.57. The van der Waals surface area contributed by atoms with E-state index in [1.165, 1.54) is 6.33 Å². The number of carbonyl (C=O) groups excluding carboxylic acids is 1. The lowest BCUT2D eigenvalue weighted by Crippen LogP contribution is -2.15. The number of ether oxygens (including phenoxy) is 2. The Hall–Kier alpha value is -3.07. The summed E-state index contributed by atoms with van der Waals surface area (Å²) in [5, 5.41) is 6.99. The van der Waals surface area contributed by atoms with Gasteiger partial charge in [0.15, 0.2) is 11.5 Å². The van der Waals surface area contributed by atoms with Gasteiger partial charge in [-0.2, -0.15) is 10.1 Å². The molecule has 0 aliphatic carbocycles. The first-order valence-corrected chi connectivity index (χ1v) is 8.17. The molecule has 0 fully saturated rings. The maximum absolute atomic E-state index is 12.4. The summed E-state index contributed by atoms with van der Waals surface area (Å²) in [5.41, 5.74) is 9.67. The maximum Gasteiger partial charge on any atom is 0.252 e. The van der Waals surface area contributed by atoms with Crippen LogP contribution in [0.2, 0.25) is 0 Å². The molecule has 0 saturated heterocycles. The highest BCUT2D eigenvalue weighted by Crippen LogP contribution is 2.38. The van der Waals surface area contributed by atoms with Gasteiger partial charge >= 0.3 is 0 Å². The highest BCUT2D eigenvalue weighted by Gasteiger charge is 2.18. The molecule has 0 bridgehead atoms. The number of nitrogens with zero attached hydrogens (tertiary/aromatic N) is 4. The second-order valence-corrected chi connectivity index (χ2v) is 6.07. The molecule has 142 valence electrons. The number of rotatable bonds is 4. The standard InChI is InChI=1S/C17H18N6O3.ClH/c1-9-11(10(2)23-17(21-9)19-7-20-23)3-4-16(24)22-13-6-15-14(5-12(13)18)25-8-26-15;/h5-7H,3-4,8,18H2,1-2H3,(H,22,24);1H. The SMILES string of the molecule is Cc1nc2ncnn2c(C)c1CCC(=O)Nc1cc2c(cc1N)OCO2.Cl. The molecule has 0 spiro atoms. The van der Waals surface area contributed by atoms with Gasteiger partial charge in [-0.15, -0.1) is 12.4 Å². The van der Waals surface area contributed by atoms with E-state index in [1.807, 2.05) is 13.8 Å². The van der Waals surface area contributed by atoms with Crippen molar-refractivity contribution >= 4 is 35.5 Å². The summed E-state index contributed by atoms with van der Waals surface area (Å²) in [6, 6.07) is 3.32. The van der Waals surface area contributed by atoms with Gasteiger partial charge < -0.3 is 20.5 Å². The Morgan fingerprint density at radius 3 is 2.81 bits per heavy atom. The van der Waals surface area contributed by atoms with Crippen molar-refractivity contribution in [1.29, 1.82) is 0 Å². The molecule has 27 heavy (non-hydrogen) atoms. The van der Waals surface area contributed by atoms with Crippen molar-refractivity contribution in [2.24, 2.45) is 0 Å². The van der Waals surface area contributed by atoms with Gasteiger partial charge in [0.2, 0.25) is 12.7 Å². The van der Waals surface area contributed by atoms with Crippen molar-refractivity contribution in [3.05, 3.63) is 35.4 Å². The molecule has 0 unspecified atom stereocenters. The molecule has 2 aromatic heterocycles. The Morgan fingerprint density at radius 1 is 1.30 bits per heavy atom. The van der Waals surface area contributed by atoms with Crippen LogP contribution < -0.4 is 20.5 Å². The zero-order valence-corrected chi connectivity index (χ0v) is 15.7. The molecule has 1 aromatic carbocycles. The van der Waals surface area contributed by atoms with Crippen LogP contribution in [0.1, 0.15) is 23.4 Å². The van der Waals surface area contributed by atoms with Crippen molar-refractivity contribution in [2.45, 2.75) is 26.7 Å². The number of hydrogen-bond donors (Lipinski definition) is 2. The average molecular weight is 391 g/mol. The van der Waals surface area contributed by atoms with Crippen LogP contribution in [-0.2, 0) is 11.2 Å². The van der Waals surface area contributed by atoms with E-state index in [-0.39, 0.29) is 31.5 Å². The van der Waals surface area contributed by atoms with E-state index >= 15 is 0 Å². The van der Waals surface area contributed by atoms with Gasteiger partial charge in [-0.3, -0.25) is 4.79 Å². The van der Waals surface area contributed by atoms with Crippen molar-refractivity contribution in [1.82, 2.24) is 19.6 Å². The minimum absolute atomic E-state index is 0. The minimum atomic E-state index is -0.145. The molecule has 3 aromatic rings. The number of fused-ring (bicyclic) bond motifs is 2. The van der Waals surface area contributed by atoms with Crippen LogP contribution in [0.15, 0.2) is 18.5 Å². The van der Waals surface area contributed by atoms with E-state index in [2.05, 4.69) is 20.4 Å². The first kappa shape index (κ1) is 18.7. The summed E-state index contributed by atoms with van der Waals surface area (Å²) >= 11 is 0. The zero-order valence-electron chi connectivity index (χ0n) is 14.9. The third-order valence-corrected chi connectivity index (χ3v) is 4.41. The van der Waals surface area contributed by atoms with Gasteiger partial charge in [-0.05, 0) is 25.8 Å². The molecule has 9 nitrogen and oxygen atoms in total. The highest BCUT2D eigenvalue weighted by atomic mass is 35.5. The Kier molecular flexibility index (Phi) is 5.04. The van der Waals surface area contributed by atoms with Crippen molar-refractivity contribution in [3.8, 4) is 11.5 Å². The molecule has 4 rings (SSSR count). The quantitative estimate of drug-likeness (QED) is 0.654. The zero-order chi connectivity index (χ0) is 18.3. The number of carbonyl (C=O) groups is 1. The molecule has 3 heterocycles. The predicted molar refractivity (Wildman–Crippen MR) is 101 cm³/mol. The van der Waals surface area contributed by atoms with Crippen LogP contribution in [0, 0.1) is 13.8 Å². The van der Waals surface area contributed by atoms with Gasteiger partial charge in [0, 0.05) is 29.9 Å². The van der Waals surface area contributed by atoms with E-state index < -0.39 is 0 Å². The van der Waals surface area contributed by atoms with Crippen LogP contribution in [-0.4, -0.2) is 32.3 Å². The first-order chi connectivity index (χ1) is 12.5. The number of nitrogens with two attached hydrogens (primary N) is 1. The third-order valence-electron chi connectivity index (χ3n) is 4.41. The number of hydrogen-bond acceptors (Lipinski definition) is 7. The summed E-state index contributed by atoms with van der Waals surface area (Å²) in [6.45, 7) is 4.01. The number of aromatic nitrogens is 4. The van der Waals surface area contributed by atoms with Crippen molar-refractivity contribution in [3.63, 3.8) is 0 Å². The van der Waals surface area contributed by atoms with E-state index in [0.29, 0.717) is 35.1 Å². The first-order valence-electron chi connectivity index (χ1n) is 8.17. The summed E-state index contributed by atoms with van der Waals surface area (Å²) in [6.07, 6.45) is 2.29. The molecular weight excluding hydrogens is 372 g/mol. The number of aryl methyl sites for hydroxylation is 2. The number of nitrogen functional groups attached to an aromatic ring is 1. The van der Waals surface area contributed by atoms with E-state index in [1.54, 1.807) is 16.6 Å². The smallest absolute Gasteiger partial charge is 0.252 e. The lowest BCUT2D eigenvalue weighted by atomic mass is 10.1. The van der Waals surface area contributed by atoms with Gasteiger partial charge in [0.05, 0.1) is 11.4 Å². The fourth-order valence-electron chi connectivity index (χ4n) is 3.03. The van der Waals surface area contributed by atoms with E-state index in [9.17, 15) is 4.79 Å². The second-order valence-electron chi connectivity index (χ2n) is 6.07. The van der Waals surface area contributed by atoms with Crippen LogP contribution >= 0.6 is 12.4 Å². The summed E-state index contributed by atoms with van der Waals surface area (Å²) in [4.78, 5) is 20.9. The fraction of sp³-hybridized carbons (Fsp3) is 0.294. The number of halogens is 1. The molecular formula is C17H19ClN6O3. The highest BCUT2D eigenvalue weighted by molar-refractivity contribution is 5.94. The number of amides is 1. The Morgan fingerprint density at radius 2 is 2.04 bits per heavy atom. The molecule has 0 atom stereocenters. The molecule has 0 saturated carbocycles. The lowest BCUT2D eigenvalue weighted by molar-refractivity contribution is -0.116. The van der Waals surface area contributed by atoms with Crippen LogP contribution in [0.25, 0.3) is 5.78 Å². The van der Waals surface area contributed by atoms with E-state index in [4.69, 9.17) is 15.2 Å². The second kappa shape index (κ2) is 7.28. The largest absolute Gasteiger partial charge is 0.454 e. The Bertz CT molecular complexity index is 1020. The number of anilines is 2. The van der Waals surface area contributed by atoms with Gasteiger partial charge in [-0.25, -0.2) is 9.50 Å². The minimum Gasteiger partial charge on any atom is -0.454 e. The number of nitrogens with one attached hydrogen (secondary N) is 1. The maximum atomic E-state index is 12.4. The van der Waals surface area contributed by atoms with Gasteiger partial charge in [0.25, 0.3) is 5.78 Å². The predicted octanol–water partition coefficient (Wildman–Crippen LogP) is 2.05. The molecule has 1 amide bonds. The van der Waals surface area contributed by atoms with Crippen LogP contribution in [0.5, 0.6) is 11.5 Å². The molecule has 0 radical (unpaired) electrons. The normalized spacial score (nSPS) is 12.1. The Labute approximate surface area is 161 Å². The lowest BCUT2D eigenvalue weighted by Gasteiger charge is -2.12. The van der Waals surface area contributed by atoms with Crippen LogP contribution in [0.3, 0.4) is 0 Å². The molecule has 1 aliphatic heterocycles. The third kappa shape index (κ3) is 3.45. The molecule has 1 aliphatic rings. The molecule has 3 N–H and O–H groups in total. The average Bonchev–Trinajstić information content (AvgIpc) is 3.23. The fourth-order valence-corrected chi connectivity index (χ4v) is 3.03. The summed E-state index contributed by atoms with van der Waals surface area (Å²) < 4.78 is 12.3. The van der Waals surface area contributed by atoms with Crippen LogP contribution in [0.4, 0.5) is 11.4 Å². The van der Waals surface area contributed by atoms with Gasteiger partial charge in [0.1, 0.15) is 6.33 Å². The topological polar surface area (TPSA) is 117 Å². The van der Waals surface area contributed by atoms with Crippen molar-refractivity contribution < 1.29 is 14.3 Å². The van der Waals surface area contributed by atoms with Crippen molar-refractivity contribution in [2.75, 3.05) is 17.8 Å².